The standard InChI is InChI=1S/C31H20BrFN4O4/c32-21-13-14-27-20(15-21)16-28(41-27)30-36-24-10-4-2-8-22(24)31(39)37(30)34-17-19-7-1-6-12-26(19)40-18-29(38)35-25-11-5-3-9-23(25)33/h1-17H,18H2,(H,35,38). The molecule has 2 aromatic heterocycles. The van der Waals surface area contributed by atoms with Gasteiger partial charge in [-0.1, -0.05) is 52.3 Å². The first-order valence-electron chi connectivity index (χ1n) is 12.5. The van der Waals surface area contributed by atoms with E-state index in [-0.39, 0.29) is 23.7 Å². The molecule has 4 aromatic carbocycles. The van der Waals surface area contributed by atoms with Crippen LogP contribution in [0, 0.1) is 5.82 Å². The zero-order chi connectivity index (χ0) is 28.3. The number of nitrogens with zero attached hydrogens (tertiary/aromatic N) is 3. The first-order valence-corrected chi connectivity index (χ1v) is 13.3. The average Bonchev–Trinajstić information content (AvgIpc) is 3.40. The minimum Gasteiger partial charge on any atom is -0.483 e. The number of aromatic nitrogens is 2. The van der Waals surface area contributed by atoms with Gasteiger partial charge < -0.3 is 14.5 Å². The molecule has 0 unspecified atom stereocenters. The van der Waals surface area contributed by atoms with Gasteiger partial charge >= 0.3 is 0 Å². The minimum atomic E-state index is -0.546. The maximum atomic E-state index is 13.9. The molecule has 0 radical (unpaired) electrons. The molecule has 0 saturated carbocycles. The molecule has 0 aliphatic heterocycles. The Labute approximate surface area is 240 Å². The van der Waals surface area contributed by atoms with E-state index in [9.17, 15) is 14.0 Å². The Kier molecular flexibility index (Phi) is 7.13. The zero-order valence-corrected chi connectivity index (χ0v) is 22.8. The highest BCUT2D eigenvalue weighted by atomic mass is 79.9. The second-order valence-corrected chi connectivity index (χ2v) is 9.88. The third-order valence-electron chi connectivity index (χ3n) is 6.19. The highest BCUT2D eigenvalue weighted by molar-refractivity contribution is 9.10. The Hall–Kier alpha value is -5.09. The molecule has 0 atom stereocenters. The number of carbonyl (C=O) groups is 1. The van der Waals surface area contributed by atoms with Gasteiger partial charge in [0.15, 0.2) is 12.4 Å². The Morgan fingerprint density at radius 1 is 1.02 bits per heavy atom. The van der Waals surface area contributed by atoms with Crippen molar-refractivity contribution in [3.8, 4) is 17.3 Å². The lowest BCUT2D eigenvalue weighted by Crippen LogP contribution is -2.21. The van der Waals surface area contributed by atoms with E-state index in [2.05, 4.69) is 26.3 Å². The van der Waals surface area contributed by atoms with Crippen LogP contribution in [0.5, 0.6) is 5.75 Å². The van der Waals surface area contributed by atoms with E-state index in [1.807, 2.05) is 18.2 Å². The van der Waals surface area contributed by atoms with Crippen LogP contribution in [0.25, 0.3) is 33.5 Å². The molecule has 202 valence electrons. The molecule has 6 aromatic rings. The quantitative estimate of drug-likeness (QED) is 0.205. The molecule has 10 heteroatoms. The molecule has 2 heterocycles. The smallest absolute Gasteiger partial charge is 0.282 e. The molecule has 1 amide bonds. The highest BCUT2D eigenvalue weighted by Crippen LogP contribution is 2.29. The van der Waals surface area contributed by atoms with Crippen LogP contribution in [0.1, 0.15) is 5.56 Å². The van der Waals surface area contributed by atoms with Crippen molar-refractivity contribution < 1.29 is 18.3 Å². The average molecular weight is 611 g/mol. The number of halogens is 2. The summed E-state index contributed by atoms with van der Waals surface area (Å²) in [7, 11) is 0. The lowest BCUT2D eigenvalue weighted by molar-refractivity contribution is -0.118. The van der Waals surface area contributed by atoms with Crippen LogP contribution in [0.2, 0.25) is 0 Å². The first kappa shape index (κ1) is 26.1. The summed E-state index contributed by atoms with van der Waals surface area (Å²) in [6, 6.07) is 27.2. The van der Waals surface area contributed by atoms with Crippen molar-refractivity contribution in [1.82, 2.24) is 9.66 Å². The van der Waals surface area contributed by atoms with E-state index in [0.29, 0.717) is 33.6 Å². The second kappa shape index (κ2) is 11.2. The number of hydrogen-bond donors (Lipinski definition) is 1. The summed E-state index contributed by atoms with van der Waals surface area (Å²) in [5.74, 6) is -0.143. The Morgan fingerprint density at radius 2 is 1.80 bits per heavy atom. The van der Waals surface area contributed by atoms with Crippen molar-refractivity contribution in [3.63, 3.8) is 0 Å². The topological polar surface area (TPSA) is 98.7 Å². The van der Waals surface area contributed by atoms with Gasteiger partial charge in [0.25, 0.3) is 11.5 Å². The summed E-state index contributed by atoms with van der Waals surface area (Å²) in [5, 5.41) is 8.18. The van der Waals surface area contributed by atoms with Crippen molar-refractivity contribution in [2.45, 2.75) is 0 Å². The van der Waals surface area contributed by atoms with Crippen LogP contribution < -0.4 is 15.6 Å². The van der Waals surface area contributed by atoms with Crippen LogP contribution in [-0.2, 0) is 4.79 Å². The first-order chi connectivity index (χ1) is 20.0. The number of furan rings is 1. The van der Waals surface area contributed by atoms with Gasteiger partial charge in [0, 0.05) is 15.4 Å². The van der Waals surface area contributed by atoms with E-state index in [1.165, 1.54) is 29.1 Å². The van der Waals surface area contributed by atoms with Crippen molar-refractivity contribution in [3.05, 3.63) is 123 Å². The number of hydrogen-bond acceptors (Lipinski definition) is 6. The molecule has 0 saturated heterocycles. The van der Waals surface area contributed by atoms with E-state index in [0.717, 1.165) is 9.86 Å². The maximum Gasteiger partial charge on any atom is 0.282 e. The van der Waals surface area contributed by atoms with Crippen LogP contribution in [-0.4, -0.2) is 28.4 Å². The number of amides is 1. The number of carbonyl (C=O) groups excluding carboxylic acids is 1. The largest absolute Gasteiger partial charge is 0.483 e. The molecular weight excluding hydrogens is 591 g/mol. The fourth-order valence-electron chi connectivity index (χ4n) is 4.25. The lowest BCUT2D eigenvalue weighted by atomic mass is 10.2. The van der Waals surface area contributed by atoms with Crippen LogP contribution in [0.4, 0.5) is 10.1 Å². The molecule has 6 rings (SSSR count). The van der Waals surface area contributed by atoms with Gasteiger partial charge in [-0.3, -0.25) is 9.59 Å². The van der Waals surface area contributed by atoms with Gasteiger partial charge in [0.1, 0.15) is 17.1 Å². The van der Waals surface area contributed by atoms with Gasteiger partial charge in [0.2, 0.25) is 5.82 Å². The molecule has 0 aliphatic rings. The third kappa shape index (κ3) is 5.50. The van der Waals surface area contributed by atoms with Gasteiger partial charge in [-0.05, 0) is 60.7 Å². The summed E-state index contributed by atoms with van der Waals surface area (Å²) >= 11 is 3.47. The Bertz CT molecular complexity index is 2020. The Balaban J connectivity index is 1.34. The van der Waals surface area contributed by atoms with Crippen molar-refractivity contribution >= 4 is 55.6 Å². The molecule has 0 aliphatic carbocycles. The summed E-state index contributed by atoms with van der Waals surface area (Å²) in [4.78, 5) is 30.6. The van der Waals surface area contributed by atoms with Crippen LogP contribution >= 0.6 is 15.9 Å². The lowest BCUT2D eigenvalue weighted by Gasteiger charge is -2.10. The summed E-state index contributed by atoms with van der Waals surface area (Å²) in [6.07, 6.45) is 1.45. The number of ether oxygens (including phenoxy) is 1. The number of benzene rings is 4. The molecule has 0 spiro atoms. The second-order valence-electron chi connectivity index (χ2n) is 8.96. The van der Waals surface area contributed by atoms with Crippen LogP contribution in [0.3, 0.4) is 0 Å². The van der Waals surface area contributed by atoms with E-state index in [1.54, 1.807) is 60.7 Å². The number of fused-ring (bicyclic) bond motifs is 2. The zero-order valence-electron chi connectivity index (χ0n) is 21.3. The molecule has 0 fully saturated rings. The fraction of sp³-hybridized carbons (Fsp3) is 0.0323. The number of nitrogens with one attached hydrogen (secondary N) is 1. The predicted molar refractivity (Wildman–Crippen MR) is 159 cm³/mol. The van der Waals surface area contributed by atoms with Gasteiger partial charge in [0.05, 0.1) is 22.8 Å². The normalized spacial score (nSPS) is 11.4. The minimum absolute atomic E-state index is 0.0598. The van der Waals surface area contributed by atoms with Crippen molar-refractivity contribution in [2.24, 2.45) is 5.10 Å². The molecule has 41 heavy (non-hydrogen) atoms. The molecule has 0 bridgehead atoms. The van der Waals surface area contributed by atoms with E-state index < -0.39 is 11.7 Å². The van der Waals surface area contributed by atoms with E-state index in [4.69, 9.17) is 14.1 Å². The van der Waals surface area contributed by atoms with Gasteiger partial charge in [-0.25, -0.2) is 9.37 Å². The van der Waals surface area contributed by atoms with Gasteiger partial charge in [-0.2, -0.15) is 9.78 Å². The van der Waals surface area contributed by atoms with Gasteiger partial charge in [-0.15, -0.1) is 0 Å². The van der Waals surface area contributed by atoms with Crippen molar-refractivity contribution in [1.29, 1.82) is 0 Å². The Morgan fingerprint density at radius 3 is 2.68 bits per heavy atom. The van der Waals surface area contributed by atoms with Crippen LogP contribution in [0.15, 0.2) is 116 Å². The maximum absolute atomic E-state index is 13.9. The predicted octanol–water partition coefficient (Wildman–Crippen LogP) is 6.61. The third-order valence-corrected chi connectivity index (χ3v) is 6.68. The molecule has 8 nitrogen and oxygen atoms in total. The molecular formula is C31H20BrFN4O4. The fourth-order valence-corrected chi connectivity index (χ4v) is 4.62. The monoisotopic (exact) mass is 610 g/mol. The number of rotatable bonds is 7. The van der Waals surface area contributed by atoms with Crippen molar-refractivity contribution in [2.75, 3.05) is 11.9 Å². The number of para-hydroxylation sites is 3. The summed E-state index contributed by atoms with van der Waals surface area (Å²) in [6.45, 7) is -0.365. The number of anilines is 1. The molecule has 1 N–H and O–H groups in total. The highest BCUT2D eigenvalue weighted by Gasteiger charge is 2.17. The summed E-state index contributed by atoms with van der Waals surface area (Å²) in [5.41, 5.74) is 1.32. The summed E-state index contributed by atoms with van der Waals surface area (Å²) < 4.78 is 27.7. The SMILES string of the molecule is O=C(COc1ccccc1C=Nn1c(-c2cc3cc(Br)ccc3o2)nc2ccccc2c1=O)Nc1ccccc1F. The van der Waals surface area contributed by atoms with E-state index >= 15 is 0 Å².